The minimum absolute atomic E-state index is 0.168. The maximum absolute atomic E-state index is 13.3. The number of amides is 2. The molecule has 166 valence electrons. The molecule has 1 atom stereocenters. The molecule has 2 aromatic carbocycles. The van der Waals surface area contributed by atoms with Crippen LogP contribution in [0.2, 0.25) is 0 Å². The van der Waals surface area contributed by atoms with Crippen molar-refractivity contribution in [1.82, 2.24) is 20.4 Å². The summed E-state index contributed by atoms with van der Waals surface area (Å²) in [5.41, 5.74) is 3.00. The molecule has 2 heterocycles. The number of halogens is 1. The third kappa shape index (κ3) is 4.21. The average molecular weight is 436 g/mol. The number of hydrogen-bond acceptors (Lipinski definition) is 5. The van der Waals surface area contributed by atoms with E-state index >= 15 is 0 Å². The van der Waals surface area contributed by atoms with Crippen LogP contribution in [0.3, 0.4) is 0 Å². The van der Waals surface area contributed by atoms with Crippen LogP contribution in [-0.4, -0.2) is 34.7 Å². The Balaban J connectivity index is 1.77. The zero-order valence-electron chi connectivity index (χ0n) is 18.3. The first kappa shape index (κ1) is 21.5. The summed E-state index contributed by atoms with van der Waals surface area (Å²) in [5, 5.41) is 7.17. The number of allylic oxidation sites excluding steroid dienone is 1. The van der Waals surface area contributed by atoms with E-state index in [1.165, 1.54) is 12.1 Å². The second-order valence-electron chi connectivity index (χ2n) is 7.59. The van der Waals surface area contributed by atoms with Crippen LogP contribution >= 0.6 is 0 Å². The van der Waals surface area contributed by atoms with E-state index in [4.69, 9.17) is 9.26 Å². The molecule has 1 aromatic heterocycles. The highest BCUT2D eigenvalue weighted by molar-refractivity contribution is 5.86. The van der Waals surface area contributed by atoms with Gasteiger partial charge >= 0.3 is 6.03 Å². The molecule has 1 unspecified atom stereocenters. The van der Waals surface area contributed by atoms with Gasteiger partial charge in [-0.2, -0.15) is 4.98 Å². The first-order chi connectivity index (χ1) is 15.5. The number of methoxy groups -OCH3 is 1. The lowest BCUT2D eigenvalue weighted by atomic mass is 9.94. The maximum atomic E-state index is 13.3. The van der Waals surface area contributed by atoms with Gasteiger partial charge in [0.25, 0.3) is 5.89 Å². The van der Waals surface area contributed by atoms with Crippen molar-refractivity contribution in [3.63, 3.8) is 0 Å². The van der Waals surface area contributed by atoms with Crippen LogP contribution in [0.5, 0.6) is 5.75 Å². The van der Waals surface area contributed by atoms with E-state index in [-0.39, 0.29) is 11.8 Å². The highest BCUT2D eigenvalue weighted by Crippen LogP contribution is 2.37. The number of benzene rings is 2. The lowest BCUT2D eigenvalue weighted by Gasteiger charge is -2.35. The quantitative estimate of drug-likeness (QED) is 0.552. The first-order valence-electron chi connectivity index (χ1n) is 10.5. The lowest BCUT2D eigenvalue weighted by molar-refractivity contribution is 0.204. The average Bonchev–Trinajstić information content (AvgIpc) is 3.29. The SMILES string of the molecule is CCCCN1C(=O)NC(c2ccc(OC)cc2)C(c2nc(-c3ccc(F)cc3)no2)=C1C. The number of nitrogens with zero attached hydrogens (tertiary/aromatic N) is 3. The normalized spacial score (nSPS) is 16.3. The van der Waals surface area contributed by atoms with Gasteiger partial charge in [-0.05, 0) is 55.3 Å². The number of rotatable bonds is 7. The topological polar surface area (TPSA) is 80.5 Å². The van der Waals surface area contributed by atoms with Crippen molar-refractivity contribution in [2.24, 2.45) is 0 Å². The van der Waals surface area contributed by atoms with Gasteiger partial charge < -0.3 is 14.6 Å². The molecule has 0 spiro atoms. The van der Waals surface area contributed by atoms with Crippen molar-refractivity contribution in [2.45, 2.75) is 32.7 Å². The van der Waals surface area contributed by atoms with E-state index in [0.29, 0.717) is 23.8 Å². The Morgan fingerprint density at radius 2 is 1.88 bits per heavy atom. The Hall–Kier alpha value is -3.68. The molecule has 7 nitrogen and oxygen atoms in total. The summed E-state index contributed by atoms with van der Waals surface area (Å²) < 4.78 is 24.2. The number of carbonyl (C=O) groups excluding carboxylic acids is 1. The maximum Gasteiger partial charge on any atom is 0.322 e. The Morgan fingerprint density at radius 1 is 1.16 bits per heavy atom. The number of unbranched alkanes of at least 4 members (excludes halogenated alkanes) is 1. The summed E-state index contributed by atoms with van der Waals surface area (Å²) in [7, 11) is 1.61. The zero-order chi connectivity index (χ0) is 22.7. The smallest absolute Gasteiger partial charge is 0.322 e. The van der Waals surface area contributed by atoms with Crippen LogP contribution in [0, 0.1) is 5.82 Å². The fraction of sp³-hybridized carbons (Fsp3) is 0.292. The predicted molar refractivity (Wildman–Crippen MR) is 118 cm³/mol. The fourth-order valence-corrected chi connectivity index (χ4v) is 3.74. The number of ether oxygens (including phenoxy) is 1. The zero-order valence-corrected chi connectivity index (χ0v) is 18.3. The monoisotopic (exact) mass is 436 g/mol. The van der Waals surface area contributed by atoms with E-state index in [1.807, 2.05) is 31.2 Å². The van der Waals surface area contributed by atoms with Crippen LogP contribution in [-0.2, 0) is 0 Å². The van der Waals surface area contributed by atoms with Gasteiger partial charge in [0.15, 0.2) is 0 Å². The number of nitrogens with one attached hydrogen (secondary N) is 1. The Bertz CT molecular complexity index is 1120. The first-order valence-corrected chi connectivity index (χ1v) is 10.5. The molecule has 2 amide bonds. The molecule has 4 rings (SSSR count). The molecule has 1 aliphatic heterocycles. The van der Waals surface area contributed by atoms with Crippen molar-refractivity contribution in [2.75, 3.05) is 13.7 Å². The highest BCUT2D eigenvalue weighted by Gasteiger charge is 2.35. The molecule has 1 aliphatic rings. The predicted octanol–water partition coefficient (Wildman–Crippen LogP) is 5.18. The molecular formula is C24H25FN4O3. The number of aromatic nitrogens is 2. The third-order valence-electron chi connectivity index (χ3n) is 5.54. The summed E-state index contributed by atoms with van der Waals surface area (Å²) in [6.07, 6.45) is 1.83. The van der Waals surface area contributed by atoms with Crippen molar-refractivity contribution in [1.29, 1.82) is 0 Å². The van der Waals surface area contributed by atoms with Gasteiger partial charge in [-0.25, -0.2) is 9.18 Å². The number of carbonyl (C=O) groups is 1. The van der Waals surface area contributed by atoms with Crippen molar-refractivity contribution in [3.8, 4) is 17.1 Å². The van der Waals surface area contributed by atoms with Gasteiger partial charge in [-0.1, -0.05) is 30.6 Å². The molecule has 0 saturated heterocycles. The van der Waals surface area contributed by atoms with Crippen molar-refractivity contribution in [3.05, 3.63) is 71.5 Å². The standard InChI is InChI=1S/C24H25FN4O3/c1-4-5-14-29-15(2)20(21(26-24(29)30)16-8-12-19(31-3)13-9-16)23-27-22(28-32-23)17-6-10-18(25)11-7-17/h6-13,21H,4-5,14H2,1-3H3,(H,26,30). The van der Waals surface area contributed by atoms with Gasteiger partial charge in [0.1, 0.15) is 11.6 Å². The second kappa shape index (κ2) is 9.21. The van der Waals surface area contributed by atoms with E-state index in [2.05, 4.69) is 22.4 Å². The van der Waals surface area contributed by atoms with Gasteiger partial charge in [0, 0.05) is 17.8 Å². The Kier molecular flexibility index (Phi) is 6.20. The van der Waals surface area contributed by atoms with Gasteiger partial charge in [0.2, 0.25) is 5.82 Å². The summed E-state index contributed by atoms with van der Waals surface area (Å²) >= 11 is 0. The Labute approximate surface area is 185 Å². The molecule has 0 radical (unpaired) electrons. The van der Waals surface area contributed by atoms with Gasteiger partial charge in [-0.3, -0.25) is 4.90 Å². The number of hydrogen-bond donors (Lipinski definition) is 1. The molecule has 32 heavy (non-hydrogen) atoms. The largest absolute Gasteiger partial charge is 0.497 e. The van der Waals surface area contributed by atoms with E-state index in [1.54, 1.807) is 24.1 Å². The summed E-state index contributed by atoms with van der Waals surface area (Å²) in [6.45, 7) is 4.56. The van der Waals surface area contributed by atoms with Crippen molar-refractivity contribution < 1.29 is 18.4 Å². The molecule has 0 aliphatic carbocycles. The lowest BCUT2D eigenvalue weighted by Crippen LogP contribution is -2.46. The fourth-order valence-electron chi connectivity index (χ4n) is 3.74. The Morgan fingerprint density at radius 3 is 2.53 bits per heavy atom. The molecular weight excluding hydrogens is 411 g/mol. The molecule has 0 fully saturated rings. The van der Waals surface area contributed by atoms with Crippen LogP contribution < -0.4 is 10.1 Å². The molecule has 1 N–H and O–H groups in total. The molecule has 0 saturated carbocycles. The van der Waals surface area contributed by atoms with Gasteiger partial charge in [0.05, 0.1) is 18.7 Å². The molecule has 8 heteroatoms. The van der Waals surface area contributed by atoms with Gasteiger partial charge in [-0.15, -0.1) is 0 Å². The summed E-state index contributed by atoms with van der Waals surface area (Å²) in [6, 6.07) is 12.8. The summed E-state index contributed by atoms with van der Waals surface area (Å²) in [5.74, 6) is 1.05. The molecule has 0 bridgehead atoms. The second-order valence-corrected chi connectivity index (χ2v) is 7.59. The minimum atomic E-state index is -0.465. The van der Waals surface area contributed by atoms with E-state index in [0.717, 1.165) is 35.4 Å². The van der Waals surface area contributed by atoms with Crippen LogP contribution in [0.15, 0.2) is 58.8 Å². The summed E-state index contributed by atoms with van der Waals surface area (Å²) in [4.78, 5) is 19.2. The van der Waals surface area contributed by atoms with E-state index < -0.39 is 6.04 Å². The van der Waals surface area contributed by atoms with E-state index in [9.17, 15) is 9.18 Å². The minimum Gasteiger partial charge on any atom is -0.497 e. The van der Waals surface area contributed by atoms with Crippen LogP contribution in [0.1, 0.15) is 44.2 Å². The van der Waals surface area contributed by atoms with Crippen LogP contribution in [0.25, 0.3) is 17.0 Å². The van der Waals surface area contributed by atoms with Crippen molar-refractivity contribution >= 4 is 11.6 Å². The van der Waals surface area contributed by atoms with Crippen LogP contribution in [0.4, 0.5) is 9.18 Å². The number of urea groups is 1. The highest BCUT2D eigenvalue weighted by atomic mass is 19.1. The molecule has 3 aromatic rings. The third-order valence-corrected chi connectivity index (χ3v) is 5.54.